The number of anilines is 1. The molecule has 0 amide bonds. The third-order valence-corrected chi connectivity index (χ3v) is 2.57. The third-order valence-electron chi connectivity index (χ3n) is 2.57. The largest absolute Gasteiger partial charge is 0.378 e. The lowest BCUT2D eigenvalue weighted by Gasteiger charge is -2.25. The average molecular weight is 232 g/mol. The molecular formula is C10H12N6O. The molecule has 1 aliphatic heterocycles. The molecule has 7 heteroatoms. The molecule has 88 valence electrons. The van der Waals surface area contributed by atoms with Gasteiger partial charge in [-0.1, -0.05) is 0 Å². The first-order chi connectivity index (χ1) is 8.43. The van der Waals surface area contributed by atoms with Crippen molar-refractivity contribution < 1.29 is 4.74 Å². The molecule has 2 aromatic heterocycles. The molecule has 3 heterocycles. The van der Waals surface area contributed by atoms with Crippen LogP contribution in [0.25, 0.3) is 11.5 Å². The number of aromatic nitrogens is 5. The van der Waals surface area contributed by atoms with Gasteiger partial charge in [-0.05, 0) is 0 Å². The monoisotopic (exact) mass is 232 g/mol. The fourth-order valence-electron chi connectivity index (χ4n) is 1.69. The Bertz CT molecular complexity index is 479. The summed E-state index contributed by atoms with van der Waals surface area (Å²) in [5, 5.41) is 7.06. The van der Waals surface area contributed by atoms with E-state index in [2.05, 4.69) is 30.0 Å². The van der Waals surface area contributed by atoms with E-state index in [1.165, 1.54) is 0 Å². The van der Waals surface area contributed by atoms with Crippen molar-refractivity contribution in [2.75, 3.05) is 31.2 Å². The summed E-state index contributed by atoms with van der Waals surface area (Å²) in [6, 6.07) is 0. The molecule has 0 saturated carbocycles. The summed E-state index contributed by atoms with van der Waals surface area (Å²) in [7, 11) is 0. The lowest BCUT2D eigenvalue weighted by molar-refractivity contribution is 0.122. The van der Waals surface area contributed by atoms with Gasteiger partial charge in [-0.2, -0.15) is 4.98 Å². The molecular weight excluding hydrogens is 220 g/mol. The van der Waals surface area contributed by atoms with Gasteiger partial charge in [0.1, 0.15) is 5.69 Å². The zero-order valence-corrected chi connectivity index (χ0v) is 9.20. The van der Waals surface area contributed by atoms with Gasteiger partial charge in [0, 0.05) is 25.5 Å². The Kier molecular flexibility index (Phi) is 2.66. The maximum atomic E-state index is 5.28. The van der Waals surface area contributed by atoms with Crippen LogP contribution in [0.3, 0.4) is 0 Å². The second kappa shape index (κ2) is 4.46. The topological polar surface area (TPSA) is 79.8 Å². The molecule has 2 aromatic rings. The molecule has 3 rings (SSSR count). The number of rotatable bonds is 2. The van der Waals surface area contributed by atoms with Gasteiger partial charge in [-0.25, -0.2) is 4.98 Å². The standard InChI is InChI=1S/C10H12N6O/c1-2-12-8(7-11-1)9-13-10(15-14-9)16-3-5-17-6-4-16/h1-2,7H,3-6H2,(H,13,14,15). The minimum atomic E-state index is 0.639. The fourth-order valence-corrected chi connectivity index (χ4v) is 1.69. The summed E-state index contributed by atoms with van der Waals surface area (Å²) < 4.78 is 5.28. The van der Waals surface area contributed by atoms with E-state index in [1.807, 2.05) is 0 Å². The molecule has 1 saturated heterocycles. The highest BCUT2D eigenvalue weighted by Gasteiger charge is 2.16. The van der Waals surface area contributed by atoms with Crippen LogP contribution in [0.1, 0.15) is 0 Å². The number of hydrogen-bond donors (Lipinski definition) is 1. The van der Waals surface area contributed by atoms with Gasteiger partial charge >= 0.3 is 0 Å². The predicted molar refractivity (Wildman–Crippen MR) is 60.4 cm³/mol. The first-order valence-corrected chi connectivity index (χ1v) is 5.45. The smallest absolute Gasteiger partial charge is 0.245 e. The Morgan fingerprint density at radius 2 is 2.12 bits per heavy atom. The minimum Gasteiger partial charge on any atom is -0.378 e. The Morgan fingerprint density at radius 1 is 1.24 bits per heavy atom. The zero-order chi connectivity index (χ0) is 11.5. The van der Waals surface area contributed by atoms with Crippen molar-refractivity contribution in [2.45, 2.75) is 0 Å². The van der Waals surface area contributed by atoms with Crippen LogP contribution in [0, 0.1) is 0 Å². The van der Waals surface area contributed by atoms with Crippen LogP contribution in [0.2, 0.25) is 0 Å². The maximum Gasteiger partial charge on any atom is 0.245 e. The molecule has 0 bridgehead atoms. The molecule has 1 aliphatic rings. The SMILES string of the molecule is c1cnc(-c2nc(N3CCOCC3)n[nH]2)cn1. The molecule has 0 aliphatic carbocycles. The Hall–Kier alpha value is -2.02. The summed E-state index contributed by atoms with van der Waals surface area (Å²) in [5.74, 6) is 1.33. The number of nitrogens with one attached hydrogen (secondary N) is 1. The fraction of sp³-hybridized carbons (Fsp3) is 0.400. The lowest BCUT2D eigenvalue weighted by Crippen LogP contribution is -2.36. The van der Waals surface area contributed by atoms with Gasteiger partial charge in [0.2, 0.25) is 5.95 Å². The van der Waals surface area contributed by atoms with E-state index in [1.54, 1.807) is 18.6 Å². The van der Waals surface area contributed by atoms with E-state index >= 15 is 0 Å². The number of H-pyrrole nitrogens is 1. The average Bonchev–Trinajstić information content (AvgIpc) is 2.90. The second-order valence-electron chi connectivity index (χ2n) is 3.67. The van der Waals surface area contributed by atoms with Gasteiger partial charge in [-0.3, -0.25) is 10.1 Å². The minimum absolute atomic E-state index is 0.639. The normalized spacial score (nSPS) is 16.1. The van der Waals surface area contributed by atoms with Crippen LogP contribution in [0.15, 0.2) is 18.6 Å². The van der Waals surface area contributed by atoms with E-state index in [-0.39, 0.29) is 0 Å². The number of hydrogen-bond acceptors (Lipinski definition) is 6. The van der Waals surface area contributed by atoms with Gasteiger partial charge in [0.25, 0.3) is 0 Å². The van der Waals surface area contributed by atoms with Gasteiger partial charge in [0.05, 0.1) is 19.4 Å². The van der Waals surface area contributed by atoms with Crippen molar-refractivity contribution in [3.8, 4) is 11.5 Å². The van der Waals surface area contributed by atoms with Crippen molar-refractivity contribution >= 4 is 5.95 Å². The first kappa shape index (κ1) is 10.2. The van der Waals surface area contributed by atoms with Gasteiger partial charge in [0.15, 0.2) is 5.82 Å². The molecule has 0 aromatic carbocycles. The summed E-state index contributed by atoms with van der Waals surface area (Å²) in [4.78, 5) is 14.7. The van der Waals surface area contributed by atoms with Crippen molar-refractivity contribution in [3.63, 3.8) is 0 Å². The van der Waals surface area contributed by atoms with Crippen molar-refractivity contribution in [1.82, 2.24) is 25.1 Å². The molecule has 7 nitrogen and oxygen atoms in total. The summed E-state index contributed by atoms with van der Waals surface area (Å²) in [6.45, 7) is 3.07. The Morgan fingerprint density at radius 3 is 2.88 bits per heavy atom. The van der Waals surface area contributed by atoms with Crippen molar-refractivity contribution in [3.05, 3.63) is 18.6 Å². The van der Waals surface area contributed by atoms with E-state index in [4.69, 9.17) is 4.74 Å². The van der Waals surface area contributed by atoms with E-state index in [9.17, 15) is 0 Å². The molecule has 0 radical (unpaired) electrons. The van der Waals surface area contributed by atoms with Gasteiger partial charge < -0.3 is 9.64 Å². The zero-order valence-electron chi connectivity index (χ0n) is 9.20. The number of morpholine rings is 1. The second-order valence-corrected chi connectivity index (χ2v) is 3.67. The molecule has 17 heavy (non-hydrogen) atoms. The van der Waals surface area contributed by atoms with Crippen LogP contribution in [0.5, 0.6) is 0 Å². The lowest BCUT2D eigenvalue weighted by atomic mass is 10.4. The molecule has 0 atom stereocenters. The predicted octanol–water partition coefficient (Wildman–Crippen LogP) is 0.0983. The highest BCUT2D eigenvalue weighted by molar-refractivity contribution is 5.49. The summed E-state index contributed by atoms with van der Waals surface area (Å²) in [5.41, 5.74) is 0.694. The van der Waals surface area contributed by atoms with Crippen LogP contribution >= 0.6 is 0 Å². The number of nitrogens with zero attached hydrogens (tertiary/aromatic N) is 5. The molecule has 0 unspecified atom stereocenters. The van der Waals surface area contributed by atoms with Crippen LogP contribution < -0.4 is 4.90 Å². The number of aromatic amines is 1. The molecule has 0 spiro atoms. The van der Waals surface area contributed by atoms with Crippen LogP contribution in [-0.4, -0.2) is 51.5 Å². The molecule has 1 fully saturated rings. The molecule has 1 N–H and O–H groups in total. The van der Waals surface area contributed by atoms with Crippen LogP contribution in [-0.2, 0) is 4.74 Å². The Labute approximate surface area is 97.9 Å². The van der Waals surface area contributed by atoms with E-state index < -0.39 is 0 Å². The third kappa shape index (κ3) is 2.09. The van der Waals surface area contributed by atoms with Crippen molar-refractivity contribution in [1.29, 1.82) is 0 Å². The summed E-state index contributed by atoms with van der Waals surface area (Å²) in [6.07, 6.45) is 4.92. The van der Waals surface area contributed by atoms with E-state index in [0.717, 1.165) is 26.3 Å². The number of ether oxygens (including phenoxy) is 1. The highest BCUT2D eigenvalue weighted by Crippen LogP contribution is 2.15. The Balaban J connectivity index is 1.83. The van der Waals surface area contributed by atoms with Crippen LogP contribution in [0.4, 0.5) is 5.95 Å². The van der Waals surface area contributed by atoms with Crippen molar-refractivity contribution in [2.24, 2.45) is 0 Å². The summed E-state index contributed by atoms with van der Waals surface area (Å²) >= 11 is 0. The van der Waals surface area contributed by atoms with Gasteiger partial charge in [-0.15, -0.1) is 5.10 Å². The van der Waals surface area contributed by atoms with E-state index in [0.29, 0.717) is 17.5 Å². The highest BCUT2D eigenvalue weighted by atomic mass is 16.5. The maximum absolute atomic E-state index is 5.28. The quantitative estimate of drug-likeness (QED) is 0.791. The first-order valence-electron chi connectivity index (χ1n) is 5.45.